The van der Waals surface area contributed by atoms with Crippen LogP contribution < -0.4 is 5.32 Å². The van der Waals surface area contributed by atoms with Gasteiger partial charge in [0.1, 0.15) is 5.75 Å². The molecule has 2 N–H and O–H groups in total. The molecule has 0 radical (unpaired) electrons. The third kappa shape index (κ3) is 1.89. The first-order chi connectivity index (χ1) is 9.33. The molecule has 108 valence electrons. The van der Waals surface area contributed by atoms with E-state index in [1.165, 1.54) is 37.7 Å². The molecule has 1 heterocycles. The number of carbonyl (C=O) groups excluding carboxylic acids is 1. The van der Waals surface area contributed by atoms with Crippen molar-refractivity contribution in [3.05, 3.63) is 24.0 Å². The van der Waals surface area contributed by atoms with Crippen LogP contribution in [-0.4, -0.2) is 22.0 Å². The van der Waals surface area contributed by atoms with E-state index >= 15 is 0 Å². The minimum absolute atomic E-state index is 0.0241. The highest BCUT2D eigenvalue weighted by molar-refractivity contribution is 5.94. The zero-order chi connectivity index (χ0) is 14.5. The van der Waals surface area contributed by atoms with Crippen LogP contribution in [0.2, 0.25) is 0 Å². The SMILES string of the molecule is CC12CCC(C1)C(C)(C)C2NC(=O)c1cncc(O)c1. The number of nitrogens with zero attached hydrogens (tertiary/aromatic N) is 1. The summed E-state index contributed by atoms with van der Waals surface area (Å²) in [6, 6.07) is 1.65. The fraction of sp³-hybridized carbons (Fsp3) is 0.625. The highest BCUT2D eigenvalue weighted by Gasteiger charge is 2.59. The predicted octanol–water partition coefficient (Wildman–Crippen LogP) is 2.73. The van der Waals surface area contributed by atoms with E-state index in [2.05, 4.69) is 31.1 Å². The van der Waals surface area contributed by atoms with Gasteiger partial charge in [0, 0.05) is 12.2 Å². The number of pyridine rings is 1. The minimum atomic E-state index is -0.139. The zero-order valence-corrected chi connectivity index (χ0v) is 12.3. The molecule has 0 aliphatic heterocycles. The summed E-state index contributed by atoms with van der Waals surface area (Å²) in [5.41, 5.74) is 0.758. The molecule has 2 bridgehead atoms. The molecule has 2 fully saturated rings. The average molecular weight is 274 g/mol. The van der Waals surface area contributed by atoms with E-state index in [-0.39, 0.29) is 28.5 Å². The highest BCUT2D eigenvalue weighted by atomic mass is 16.3. The van der Waals surface area contributed by atoms with Crippen LogP contribution in [0.3, 0.4) is 0 Å². The molecule has 2 aliphatic carbocycles. The van der Waals surface area contributed by atoms with E-state index in [1.807, 2.05) is 0 Å². The quantitative estimate of drug-likeness (QED) is 0.871. The van der Waals surface area contributed by atoms with Crippen LogP contribution in [0, 0.1) is 16.7 Å². The van der Waals surface area contributed by atoms with E-state index in [9.17, 15) is 9.90 Å². The predicted molar refractivity (Wildman–Crippen MR) is 76.4 cm³/mol. The summed E-state index contributed by atoms with van der Waals surface area (Å²) >= 11 is 0. The van der Waals surface area contributed by atoms with Crippen molar-refractivity contribution in [3.63, 3.8) is 0 Å². The number of aromatic nitrogens is 1. The van der Waals surface area contributed by atoms with Gasteiger partial charge >= 0.3 is 0 Å². The molecule has 4 heteroatoms. The summed E-state index contributed by atoms with van der Waals surface area (Å²) in [4.78, 5) is 16.3. The van der Waals surface area contributed by atoms with Crippen LogP contribution in [0.4, 0.5) is 0 Å². The summed E-state index contributed by atoms with van der Waals surface area (Å²) in [6.07, 6.45) is 6.48. The van der Waals surface area contributed by atoms with E-state index in [1.54, 1.807) is 0 Å². The lowest BCUT2D eigenvalue weighted by atomic mass is 9.68. The Morgan fingerprint density at radius 1 is 1.40 bits per heavy atom. The second-order valence-electron chi connectivity index (χ2n) is 7.25. The van der Waals surface area contributed by atoms with Crippen LogP contribution in [-0.2, 0) is 0 Å². The highest BCUT2D eigenvalue weighted by Crippen LogP contribution is 2.62. The maximum Gasteiger partial charge on any atom is 0.253 e. The van der Waals surface area contributed by atoms with Crippen molar-refractivity contribution in [2.45, 2.75) is 46.1 Å². The summed E-state index contributed by atoms with van der Waals surface area (Å²) in [5, 5.41) is 12.6. The molecule has 0 saturated heterocycles. The standard InChI is InChI=1S/C16H22N2O2/c1-15(2)11-4-5-16(3,7-11)14(15)18-13(20)10-6-12(19)9-17-8-10/h6,8-9,11,14,19H,4-5,7H2,1-3H3,(H,18,20). The lowest BCUT2D eigenvalue weighted by Gasteiger charge is -2.43. The summed E-state index contributed by atoms with van der Waals surface area (Å²) in [7, 11) is 0. The summed E-state index contributed by atoms with van der Waals surface area (Å²) < 4.78 is 0. The number of fused-ring (bicyclic) bond motifs is 2. The topological polar surface area (TPSA) is 62.2 Å². The molecule has 0 aromatic carbocycles. The molecule has 3 unspecified atom stereocenters. The molecule has 2 saturated carbocycles. The van der Waals surface area contributed by atoms with Gasteiger partial charge in [-0.3, -0.25) is 9.78 Å². The van der Waals surface area contributed by atoms with Gasteiger partial charge < -0.3 is 10.4 Å². The zero-order valence-electron chi connectivity index (χ0n) is 12.3. The number of hydrogen-bond donors (Lipinski definition) is 2. The van der Waals surface area contributed by atoms with E-state index in [0.717, 1.165) is 0 Å². The first kappa shape index (κ1) is 13.4. The van der Waals surface area contributed by atoms with Crippen molar-refractivity contribution in [1.82, 2.24) is 10.3 Å². The molecule has 4 nitrogen and oxygen atoms in total. The van der Waals surface area contributed by atoms with Crippen LogP contribution in [0.15, 0.2) is 18.5 Å². The fourth-order valence-corrected chi connectivity index (χ4v) is 4.43. The van der Waals surface area contributed by atoms with Gasteiger partial charge in [0.25, 0.3) is 5.91 Å². The van der Waals surface area contributed by atoms with Crippen LogP contribution in [0.5, 0.6) is 5.75 Å². The summed E-state index contributed by atoms with van der Waals surface area (Å²) in [5.74, 6) is 0.580. The van der Waals surface area contributed by atoms with E-state index < -0.39 is 0 Å². The molecule has 3 atom stereocenters. The molecule has 3 rings (SSSR count). The molecule has 1 amide bonds. The number of hydrogen-bond acceptors (Lipinski definition) is 3. The van der Waals surface area contributed by atoms with Gasteiger partial charge in [0.2, 0.25) is 0 Å². The third-order valence-electron chi connectivity index (χ3n) is 5.53. The van der Waals surface area contributed by atoms with Gasteiger partial charge in [-0.1, -0.05) is 20.8 Å². The minimum Gasteiger partial charge on any atom is -0.506 e. The number of amides is 1. The molecule has 2 aliphatic rings. The number of carbonyl (C=O) groups is 1. The first-order valence-electron chi connectivity index (χ1n) is 7.28. The maximum absolute atomic E-state index is 12.4. The second-order valence-corrected chi connectivity index (χ2v) is 7.25. The Kier molecular flexibility index (Phi) is 2.82. The Morgan fingerprint density at radius 3 is 2.75 bits per heavy atom. The van der Waals surface area contributed by atoms with Crippen molar-refractivity contribution in [2.24, 2.45) is 16.7 Å². The lowest BCUT2D eigenvalue weighted by Crippen LogP contribution is -2.52. The fourth-order valence-electron chi connectivity index (χ4n) is 4.43. The Morgan fingerprint density at radius 2 is 2.15 bits per heavy atom. The van der Waals surface area contributed by atoms with Crippen molar-refractivity contribution < 1.29 is 9.90 Å². The molecule has 20 heavy (non-hydrogen) atoms. The van der Waals surface area contributed by atoms with Crippen LogP contribution >= 0.6 is 0 Å². The number of aromatic hydroxyl groups is 1. The largest absolute Gasteiger partial charge is 0.506 e. The molecular weight excluding hydrogens is 252 g/mol. The average Bonchev–Trinajstić information content (AvgIpc) is 2.85. The van der Waals surface area contributed by atoms with E-state index in [0.29, 0.717) is 11.5 Å². The molecule has 1 aromatic heterocycles. The maximum atomic E-state index is 12.4. The monoisotopic (exact) mass is 274 g/mol. The van der Waals surface area contributed by atoms with Gasteiger partial charge in [-0.05, 0) is 42.1 Å². The molecule has 0 spiro atoms. The smallest absolute Gasteiger partial charge is 0.253 e. The van der Waals surface area contributed by atoms with Crippen molar-refractivity contribution >= 4 is 5.91 Å². The number of rotatable bonds is 2. The Labute approximate surface area is 119 Å². The lowest BCUT2D eigenvalue weighted by molar-refractivity contribution is 0.0737. The van der Waals surface area contributed by atoms with Gasteiger partial charge in [0.15, 0.2) is 0 Å². The second kappa shape index (κ2) is 4.21. The molecule has 1 aromatic rings. The molecular formula is C16H22N2O2. The Hall–Kier alpha value is -1.58. The van der Waals surface area contributed by atoms with Gasteiger partial charge in [0.05, 0.1) is 11.8 Å². The number of nitrogens with one attached hydrogen (secondary N) is 1. The summed E-state index contributed by atoms with van der Waals surface area (Å²) in [6.45, 7) is 6.80. The first-order valence-corrected chi connectivity index (χ1v) is 7.28. The van der Waals surface area contributed by atoms with Gasteiger partial charge in [-0.2, -0.15) is 0 Å². The Balaban J connectivity index is 1.82. The third-order valence-corrected chi connectivity index (χ3v) is 5.53. The van der Waals surface area contributed by atoms with Crippen LogP contribution in [0.25, 0.3) is 0 Å². The normalized spacial score (nSPS) is 34.1. The van der Waals surface area contributed by atoms with Crippen molar-refractivity contribution in [1.29, 1.82) is 0 Å². The van der Waals surface area contributed by atoms with Crippen molar-refractivity contribution in [3.8, 4) is 5.75 Å². The Bertz CT molecular complexity index is 550. The van der Waals surface area contributed by atoms with Gasteiger partial charge in [-0.25, -0.2) is 0 Å². The van der Waals surface area contributed by atoms with Gasteiger partial charge in [-0.15, -0.1) is 0 Å². The van der Waals surface area contributed by atoms with Crippen LogP contribution in [0.1, 0.15) is 50.4 Å². The van der Waals surface area contributed by atoms with Crippen molar-refractivity contribution in [2.75, 3.05) is 0 Å². The van der Waals surface area contributed by atoms with E-state index in [4.69, 9.17) is 0 Å².